The first kappa shape index (κ1) is 14.1. The predicted molar refractivity (Wildman–Crippen MR) is 83.5 cm³/mol. The van der Waals surface area contributed by atoms with E-state index >= 15 is 0 Å². The molecule has 1 aromatic rings. The molecule has 1 aliphatic carbocycles. The molecule has 2 atom stereocenters. The van der Waals surface area contributed by atoms with Gasteiger partial charge in [0.2, 0.25) is 0 Å². The number of nitrogens with two attached hydrogens (primary N) is 1. The van der Waals surface area contributed by atoms with E-state index in [2.05, 4.69) is 40.1 Å². The first-order valence-corrected chi connectivity index (χ1v) is 8.04. The van der Waals surface area contributed by atoms with Crippen molar-refractivity contribution in [3.05, 3.63) is 35.9 Å². The van der Waals surface area contributed by atoms with Gasteiger partial charge < -0.3 is 10.6 Å². The molecule has 3 heteroatoms. The molecule has 1 aromatic carbocycles. The van der Waals surface area contributed by atoms with Crippen molar-refractivity contribution < 1.29 is 0 Å². The van der Waals surface area contributed by atoms with Crippen LogP contribution in [0.2, 0.25) is 0 Å². The zero-order valence-electron chi connectivity index (χ0n) is 12.4. The molecule has 20 heavy (non-hydrogen) atoms. The molecule has 0 spiro atoms. The average molecular weight is 273 g/mol. The lowest BCUT2D eigenvalue weighted by atomic mass is 10.1. The molecule has 0 bridgehead atoms. The van der Waals surface area contributed by atoms with Gasteiger partial charge in [0, 0.05) is 45.3 Å². The normalized spacial score (nSPS) is 28.9. The Labute approximate surface area is 122 Å². The Morgan fingerprint density at radius 1 is 0.950 bits per heavy atom. The Morgan fingerprint density at radius 2 is 1.65 bits per heavy atom. The molecule has 1 heterocycles. The van der Waals surface area contributed by atoms with Crippen LogP contribution in [0, 0.1) is 5.92 Å². The Hall–Kier alpha value is -0.900. The Balaban J connectivity index is 1.41. The van der Waals surface area contributed by atoms with E-state index in [1.165, 1.54) is 57.5 Å². The van der Waals surface area contributed by atoms with Gasteiger partial charge in [-0.3, -0.25) is 4.90 Å². The second kappa shape index (κ2) is 6.70. The van der Waals surface area contributed by atoms with Crippen molar-refractivity contribution in [2.75, 3.05) is 32.7 Å². The Kier molecular flexibility index (Phi) is 4.71. The molecule has 3 nitrogen and oxygen atoms in total. The third-order valence-corrected chi connectivity index (χ3v) is 4.81. The van der Waals surface area contributed by atoms with Gasteiger partial charge in [0.15, 0.2) is 0 Å². The van der Waals surface area contributed by atoms with Crippen LogP contribution in [0.3, 0.4) is 0 Å². The van der Waals surface area contributed by atoms with Crippen LogP contribution in [0.4, 0.5) is 0 Å². The SMILES string of the molecule is NC1CCC(CN2CCN(Cc3ccccc3)CC2)C1. The summed E-state index contributed by atoms with van der Waals surface area (Å²) in [7, 11) is 0. The van der Waals surface area contributed by atoms with Crippen molar-refractivity contribution in [2.24, 2.45) is 11.7 Å². The van der Waals surface area contributed by atoms with Crippen molar-refractivity contribution in [3.8, 4) is 0 Å². The number of nitrogens with zero attached hydrogens (tertiary/aromatic N) is 2. The summed E-state index contributed by atoms with van der Waals surface area (Å²) in [6.45, 7) is 7.22. The largest absolute Gasteiger partial charge is 0.328 e. The van der Waals surface area contributed by atoms with E-state index in [0.29, 0.717) is 6.04 Å². The molecule has 0 radical (unpaired) electrons. The van der Waals surface area contributed by atoms with Gasteiger partial charge in [-0.1, -0.05) is 30.3 Å². The van der Waals surface area contributed by atoms with Gasteiger partial charge in [-0.25, -0.2) is 0 Å². The summed E-state index contributed by atoms with van der Waals surface area (Å²) in [5.74, 6) is 0.852. The molecular weight excluding hydrogens is 246 g/mol. The molecule has 110 valence electrons. The van der Waals surface area contributed by atoms with Crippen LogP contribution in [-0.4, -0.2) is 48.6 Å². The van der Waals surface area contributed by atoms with Crippen molar-refractivity contribution in [3.63, 3.8) is 0 Å². The maximum Gasteiger partial charge on any atom is 0.0234 e. The van der Waals surface area contributed by atoms with E-state index in [-0.39, 0.29) is 0 Å². The van der Waals surface area contributed by atoms with Crippen LogP contribution in [0.25, 0.3) is 0 Å². The lowest BCUT2D eigenvalue weighted by molar-refractivity contribution is 0.113. The van der Waals surface area contributed by atoms with Crippen LogP contribution >= 0.6 is 0 Å². The van der Waals surface area contributed by atoms with E-state index < -0.39 is 0 Å². The van der Waals surface area contributed by atoms with Gasteiger partial charge >= 0.3 is 0 Å². The third kappa shape index (κ3) is 3.81. The monoisotopic (exact) mass is 273 g/mol. The summed E-state index contributed by atoms with van der Waals surface area (Å²) in [5, 5.41) is 0. The fraction of sp³-hybridized carbons (Fsp3) is 0.647. The number of benzene rings is 1. The zero-order chi connectivity index (χ0) is 13.8. The van der Waals surface area contributed by atoms with Crippen molar-refractivity contribution >= 4 is 0 Å². The summed E-state index contributed by atoms with van der Waals surface area (Å²) >= 11 is 0. The lowest BCUT2D eigenvalue weighted by Gasteiger charge is -2.36. The zero-order valence-corrected chi connectivity index (χ0v) is 12.4. The molecule has 2 aliphatic rings. The van der Waals surface area contributed by atoms with Gasteiger partial charge in [-0.2, -0.15) is 0 Å². The summed E-state index contributed by atoms with van der Waals surface area (Å²) in [5.41, 5.74) is 7.44. The summed E-state index contributed by atoms with van der Waals surface area (Å²) in [6.07, 6.45) is 3.81. The Morgan fingerprint density at radius 3 is 2.30 bits per heavy atom. The van der Waals surface area contributed by atoms with E-state index in [0.717, 1.165) is 12.5 Å². The van der Waals surface area contributed by atoms with E-state index in [1.54, 1.807) is 0 Å². The second-order valence-corrected chi connectivity index (χ2v) is 6.50. The molecular formula is C17H27N3. The third-order valence-electron chi connectivity index (χ3n) is 4.81. The molecule has 2 N–H and O–H groups in total. The van der Waals surface area contributed by atoms with Crippen molar-refractivity contribution in [1.82, 2.24) is 9.80 Å². The topological polar surface area (TPSA) is 32.5 Å². The minimum Gasteiger partial charge on any atom is -0.328 e. The van der Waals surface area contributed by atoms with Crippen LogP contribution in [0.1, 0.15) is 24.8 Å². The first-order valence-electron chi connectivity index (χ1n) is 8.04. The molecule has 2 unspecified atom stereocenters. The quantitative estimate of drug-likeness (QED) is 0.910. The highest BCUT2D eigenvalue weighted by Gasteiger charge is 2.25. The molecule has 1 saturated carbocycles. The van der Waals surface area contributed by atoms with Gasteiger partial charge in [0.1, 0.15) is 0 Å². The first-order chi connectivity index (χ1) is 9.79. The van der Waals surface area contributed by atoms with E-state index in [1.807, 2.05) is 0 Å². The van der Waals surface area contributed by atoms with E-state index in [4.69, 9.17) is 5.73 Å². The fourth-order valence-electron chi connectivity index (χ4n) is 3.62. The van der Waals surface area contributed by atoms with Crippen molar-refractivity contribution in [1.29, 1.82) is 0 Å². The second-order valence-electron chi connectivity index (χ2n) is 6.50. The molecule has 3 rings (SSSR count). The number of hydrogen-bond acceptors (Lipinski definition) is 3. The lowest BCUT2D eigenvalue weighted by Crippen LogP contribution is -2.47. The summed E-state index contributed by atoms with van der Waals surface area (Å²) < 4.78 is 0. The average Bonchev–Trinajstić information content (AvgIpc) is 2.88. The van der Waals surface area contributed by atoms with Gasteiger partial charge in [-0.15, -0.1) is 0 Å². The summed E-state index contributed by atoms with van der Waals surface area (Å²) in [4.78, 5) is 5.22. The predicted octanol–water partition coefficient (Wildman–Crippen LogP) is 1.93. The number of hydrogen-bond donors (Lipinski definition) is 1. The number of rotatable bonds is 4. The van der Waals surface area contributed by atoms with Gasteiger partial charge in [0.05, 0.1) is 0 Å². The highest BCUT2D eigenvalue weighted by Crippen LogP contribution is 2.25. The van der Waals surface area contributed by atoms with Crippen LogP contribution in [0.15, 0.2) is 30.3 Å². The summed E-state index contributed by atoms with van der Waals surface area (Å²) in [6, 6.07) is 11.3. The molecule has 0 aromatic heterocycles. The fourth-order valence-corrected chi connectivity index (χ4v) is 3.62. The molecule has 1 saturated heterocycles. The van der Waals surface area contributed by atoms with Crippen LogP contribution < -0.4 is 5.73 Å². The smallest absolute Gasteiger partial charge is 0.0234 e. The van der Waals surface area contributed by atoms with Gasteiger partial charge in [0.25, 0.3) is 0 Å². The maximum atomic E-state index is 6.01. The molecule has 2 fully saturated rings. The van der Waals surface area contributed by atoms with Crippen LogP contribution in [-0.2, 0) is 6.54 Å². The maximum absolute atomic E-state index is 6.01. The van der Waals surface area contributed by atoms with Crippen LogP contribution in [0.5, 0.6) is 0 Å². The minimum absolute atomic E-state index is 0.472. The standard InChI is InChI=1S/C17H27N3/c18-17-7-6-16(12-17)14-20-10-8-19(9-11-20)13-15-4-2-1-3-5-15/h1-5,16-17H,6-14,18H2. The number of piperazine rings is 1. The highest BCUT2D eigenvalue weighted by molar-refractivity contribution is 5.14. The Bertz CT molecular complexity index is 398. The highest BCUT2D eigenvalue weighted by atomic mass is 15.3. The molecule has 1 aliphatic heterocycles. The van der Waals surface area contributed by atoms with Gasteiger partial charge in [-0.05, 0) is 30.7 Å². The molecule has 0 amide bonds. The minimum atomic E-state index is 0.472. The van der Waals surface area contributed by atoms with E-state index in [9.17, 15) is 0 Å². The van der Waals surface area contributed by atoms with Crippen molar-refractivity contribution in [2.45, 2.75) is 31.8 Å².